The summed E-state index contributed by atoms with van der Waals surface area (Å²) in [5, 5.41) is 7.33. The second-order valence-electron chi connectivity index (χ2n) is 4.49. The first-order valence-corrected chi connectivity index (χ1v) is 7.92. The van der Waals surface area contributed by atoms with Gasteiger partial charge in [-0.3, -0.25) is 0 Å². The monoisotopic (exact) mass is 375 g/mol. The second-order valence-corrected chi connectivity index (χ2v) is 7.52. The van der Waals surface area contributed by atoms with Crippen LogP contribution in [0.1, 0.15) is 41.0 Å². The summed E-state index contributed by atoms with van der Waals surface area (Å²) in [4.78, 5) is 5.75. The van der Waals surface area contributed by atoms with Gasteiger partial charge in [0, 0.05) is 10.9 Å². The normalized spacial score (nSPS) is 18.9. The lowest BCUT2D eigenvalue weighted by molar-refractivity contribution is 0.348. The van der Waals surface area contributed by atoms with E-state index in [2.05, 4.69) is 44.1 Å². The minimum atomic E-state index is 0.431. The lowest BCUT2D eigenvalue weighted by Crippen LogP contribution is -2.24. The number of nitrogens with one attached hydrogen (secondary N) is 1. The zero-order valence-electron chi connectivity index (χ0n) is 10.1. The van der Waals surface area contributed by atoms with E-state index in [1.165, 1.54) is 32.6 Å². The molecule has 3 rings (SSSR count). The minimum absolute atomic E-state index is 0.431. The topological polar surface area (TPSA) is 51.0 Å². The molecule has 0 bridgehead atoms. The Bertz CT molecular complexity index is 551. The van der Waals surface area contributed by atoms with E-state index < -0.39 is 0 Å². The molecule has 0 saturated heterocycles. The van der Waals surface area contributed by atoms with Crippen LogP contribution in [0.4, 0.5) is 0 Å². The van der Waals surface area contributed by atoms with Crippen molar-refractivity contribution >= 4 is 33.9 Å². The van der Waals surface area contributed by atoms with Crippen LogP contribution in [0.3, 0.4) is 0 Å². The molecule has 0 aliphatic heterocycles. The number of thiophene rings is 1. The van der Waals surface area contributed by atoms with Gasteiger partial charge >= 0.3 is 0 Å². The number of fused-ring (bicyclic) bond motifs is 1. The summed E-state index contributed by atoms with van der Waals surface area (Å²) in [6.45, 7) is 2.49. The molecular formula is C12H14IN3OS. The number of nitrogens with zero attached hydrogens (tertiary/aromatic N) is 2. The Hall–Kier alpha value is -0.470. The number of hydrogen-bond donors (Lipinski definition) is 1. The molecule has 18 heavy (non-hydrogen) atoms. The summed E-state index contributed by atoms with van der Waals surface area (Å²) in [5.74, 6) is 1.37. The number of aryl methyl sites for hydroxylation is 2. The van der Waals surface area contributed by atoms with Gasteiger partial charge in [0.05, 0.1) is 9.43 Å². The van der Waals surface area contributed by atoms with E-state index in [4.69, 9.17) is 4.52 Å². The zero-order chi connectivity index (χ0) is 12.5. The molecule has 1 N–H and O–H groups in total. The summed E-state index contributed by atoms with van der Waals surface area (Å²) in [7, 11) is 0. The first-order chi connectivity index (χ1) is 8.72. The highest BCUT2D eigenvalue weighted by Crippen LogP contribution is 2.36. The van der Waals surface area contributed by atoms with Crippen LogP contribution < -0.4 is 5.32 Å². The molecule has 0 aromatic carbocycles. The third kappa shape index (κ3) is 2.60. The smallest absolute Gasteiger partial charge is 0.240 e. The molecular weight excluding hydrogens is 361 g/mol. The molecule has 0 amide bonds. The fraction of sp³-hybridized carbons (Fsp3) is 0.500. The standard InChI is InChI=1S/C12H14IN3OS/c1-7-15-12(17-16-7)6-14-9-3-2-4-10-8(9)5-11(13)18-10/h5,9,14H,2-4,6H2,1H3. The van der Waals surface area contributed by atoms with Crippen molar-refractivity contribution in [2.45, 2.75) is 38.8 Å². The van der Waals surface area contributed by atoms with Gasteiger partial charge in [-0.25, -0.2) is 0 Å². The van der Waals surface area contributed by atoms with Crippen molar-refractivity contribution in [3.63, 3.8) is 0 Å². The molecule has 6 heteroatoms. The molecule has 2 heterocycles. The first kappa shape index (κ1) is 12.6. The fourth-order valence-electron chi connectivity index (χ4n) is 2.36. The molecule has 2 aromatic heterocycles. The molecule has 1 aliphatic rings. The number of aromatic nitrogens is 2. The average Bonchev–Trinajstić information content (AvgIpc) is 2.91. The van der Waals surface area contributed by atoms with Crippen LogP contribution in [-0.4, -0.2) is 10.1 Å². The molecule has 1 aliphatic carbocycles. The average molecular weight is 375 g/mol. The van der Waals surface area contributed by atoms with Gasteiger partial charge in [0.15, 0.2) is 5.82 Å². The van der Waals surface area contributed by atoms with E-state index in [9.17, 15) is 0 Å². The van der Waals surface area contributed by atoms with E-state index in [-0.39, 0.29) is 0 Å². The maximum atomic E-state index is 5.13. The van der Waals surface area contributed by atoms with E-state index in [0.717, 1.165) is 0 Å². The third-order valence-corrected chi connectivity index (χ3v) is 5.12. The van der Waals surface area contributed by atoms with Gasteiger partial charge < -0.3 is 9.84 Å². The van der Waals surface area contributed by atoms with Crippen molar-refractivity contribution in [3.05, 3.63) is 31.1 Å². The summed E-state index contributed by atoms with van der Waals surface area (Å²) < 4.78 is 6.50. The predicted molar refractivity (Wildman–Crippen MR) is 78.6 cm³/mol. The molecule has 0 spiro atoms. The number of rotatable bonds is 3. The van der Waals surface area contributed by atoms with Crippen molar-refractivity contribution in [1.82, 2.24) is 15.5 Å². The Balaban J connectivity index is 1.70. The molecule has 2 aromatic rings. The Labute approximate surface area is 123 Å². The van der Waals surface area contributed by atoms with Gasteiger partial charge in [-0.2, -0.15) is 4.98 Å². The molecule has 4 nitrogen and oxygen atoms in total. The van der Waals surface area contributed by atoms with E-state index in [0.29, 0.717) is 24.3 Å². The number of hydrogen-bond acceptors (Lipinski definition) is 5. The summed E-state index contributed by atoms with van der Waals surface area (Å²) in [6, 6.07) is 2.73. The number of halogens is 1. The lowest BCUT2D eigenvalue weighted by atomic mass is 9.94. The maximum Gasteiger partial charge on any atom is 0.240 e. The minimum Gasteiger partial charge on any atom is -0.338 e. The first-order valence-electron chi connectivity index (χ1n) is 6.03. The Morgan fingerprint density at radius 3 is 3.28 bits per heavy atom. The zero-order valence-corrected chi connectivity index (χ0v) is 13.0. The second kappa shape index (κ2) is 5.26. The van der Waals surface area contributed by atoms with Crippen molar-refractivity contribution in [1.29, 1.82) is 0 Å². The van der Waals surface area contributed by atoms with Crippen molar-refractivity contribution in [3.8, 4) is 0 Å². The fourth-order valence-corrected chi connectivity index (χ4v) is 4.48. The summed E-state index contributed by atoms with van der Waals surface area (Å²) >= 11 is 4.32. The lowest BCUT2D eigenvalue weighted by Gasteiger charge is -2.22. The third-order valence-electron chi connectivity index (χ3n) is 3.15. The van der Waals surface area contributed by atoms with Gasteiger partial charge in [0.1, 0.15) is 0 Å². The molecule has 0 radical (unpaired) electrons. The van der Waals surface area contributed by atoms with Gasteiger partial charge in [-0.1, -0.05) is 5.16 Å². The van der Waals surface area contributed by atoms with Crippen LogP contribution in [0, 0.1) is 9.81 Å². The van der Waals surface area contributed by atoms with Gasteiger partial charge in [0.25, 0.3) is 0 Å². The Kier molecular flexibility index (Phi) is 3.67. The van der Waals surface area contributed by atoms with Crippen LogP contribution in [0.25, 0.3) is 0 Å². The van der Waals surface area contributed by atoms with Gasteiger partial charge in [-0.05, 0) is 60.4 Å². The molecule has 1 atom stereocenters. The van der Waals surface area contributed by atoms with Crippen molar-refractivity contribution in [2.75, 3.05) is 0 Å². The van der Waals surface area contributed by atoms with Crippen LogP contribution >= 0.6 is 33.9 Å². The largest absolute Gasteiger partial charge is 0.338 e. The van der Waals surface area contributed by atoms with Crippen LogP contribution in [-0.2, 0) is 13.0 Å². The molecule has 0 saturated carbocycles. The van der Waals surface area contributed by atoms with Crippen LogP contribution in [0.2, 0.25) is 0 Å². The van der Waals surface area contributed by atoms with Crippen molar-refractivity contribution < 1.29 is 4.52 Å². The van der Waals surface area contributed by atoms with E-state index >= 15 is 0 Å². The van der Waals surface area contributed by atoms with Gasteiger partial charge in [0.2, 0.25) is 5.89 Å². The Morgan fingerprint density at radius 2 is 2.50 bits per heavy atom. The molecule has 1 unspecified atom stereocenters. The highest BCUT2D eigenvalue weighted by atomic mass is 127. The maximum absolute atomic E-state index is 5.13. The van der Waals surface area contributed by atoms with E-state index in [1.54, 1.807) is 0 Å². The quantitative estimate of drug-likeness (QED) is 0.838. The highest BCUT2D eigenvalue weighted by Gasteiger charge is 2.22. The highest BCUT2D eigenvalue weighted by molar-refractivity contribution is 14.1. The van der Waals surface area contributed by atoms with Gasteiger partial charge in [-0.15, -0.1) is 11.3 Å². The van der Waals surface area contributed by atoms with E-state index in [1.807, 2.05) is 18.3 Å². The molecule has 96 valence electrons. The van der Waals surface area contributed by atoms with Crippen LogP contribution in [0.15, 0.2) is 10.6 Å². The molecule has 0 fully saturated rings. The SMILES string of the molecule is Cc1noc(CNC2CCCc3sc(I)cc32)n1. The summed E-state index contributed by atoms with van der Waals surface area (Å²) in [6.07, 6.45) is 3.66. The summed E-state index contributed by atoms with van der Waals surface area (Å²) in [5.41, 5.74) is 1.46. The van der Waals surface area contributed by atoms with Crippen LogP contribution in [0.5, 0.6) is 0 Å². The predicted octanol–water partition coefficient (Wildman–Crippen LogP) is 3.21. The Morgan fingerprint density at radius 1 is 1.61 bits per heavy atom. The van der Waals surface area contributed by atoms with Crippen molar-refractivity contribution in [2.24, 2.45) is 0 Å².